The first-order chi connectivity index (χ1) is 12.0. The second-order valence-corrected chi connectivity index (χ2v) is 6.65. The molecular weight excluding hydrogens is 314 g/mol. The molecule has 132 valence electrons. The van der Waals surface area contributed by atoms with Crippen molar-refractivity contribution in [2.45, 2.75) is 25.4 Å². The molecule has 0 aromatic carbocycles. The Kier molecular flexibility index (Phi) is 4.87. The molecule has 25 heavy (non-hydrogen) atoms. The second kappa shape index (κ2) is 7.08. The van der Waals surface area contributed by atoms with Gasteiger partial charge in [-0.15, -0.1) is 0 Å². The first kappa shape index (κ1) is 17.2. The smallest absolute Gasteiger partial charge is 0.227 e. The summed E-state index contributed by atoms with van der Waals surface area (Å²) < 4.78 is 0. The number of rotatable bonds is 6. The van der Waals surface area contributed by atoms with Crippen molar-refractivity contribution in [1.82, 2.24) is 15.7 Å². The lowest BCUT2D eigenvalue weighted by Gasteiger charge is -2.34. The van der Waals surface area contributed by atoms with Crippen LogP contribution in [0, 0.1) is 5.41 Å². The Bertz CT molecular complexity index is 750. The van der Waals surface area contributed by atoms with E-state index in [1.807, 2.05) is 37.0 Å². The number of hydrogen-bond acceptors (Lipinski definition) is 5. The molecule has 1 aromatic heterocycles. The van der Waals surface area contributed by atoms with Crippen molar-refractivity contribution in [1.29, 1.82) is 5.41 Å². The minimum atomic E-state index is -0.412. The van der Waals surface area contributed by atoms with E-state index < -0.39 is 5.66 Å². The Hall–Kier alpha value is -2.64. The summed E-state index contributed by atoms with van der Waals surface area (Å²) in [5, 5.41) is 16.9. The molecule has 8 N–H and O–H groups in total. The lowest BCUT2D eigenvalue weighted by Crippen LogP contribution is -2.93. The van der Waals surface area contributed by atoms with E-state index in [9.17, 15) is 0 Å². The van der Waals surface area contributed by atoms with Crippen molar-refractivity contribution in [3.8, 4) is 0 Å². The normalized spacial score (nSPS) is 22.7. The van der Waals surface area contributed by atoms with Crippen LogP contribution in [0.4, 0.5) is 5.69 Å². The molecule has 7 heteroatoms. The van der Waals surface area contributed by atoms with Gasteiger partial charge in [0.15, 0.2) is 0 Å². The van der Waals surface area contributed by atoms with Gasteiger partial charge >= 0.3 is 0 Å². The summed E-state index contributed by atoms with van der Waals surface area (Å²) in [7, 11) is 2.02. The predicted octanol–water partition coefficient (Wildman–Crippen LogP) is -0.421. The van der Waals surface area contributed by atoms with Crippen LogP contribution < -0.4 is 26.8 Å². The van der Waals surface area contributed by atoms with Gasteiger partial charge in [0.2, 0.25) is 5.82 Å². The number of allylic oxidation sites excluding steroid dienone is 2. The first-order valence-electron chi connectivity index (χ1n) is 8.55. The van der Waals surface area contributed by atoms with Gasteiger partial charge in [0.1, 0.15) is 5.66 Å². The number of hydrogen-bond donors (Lipinski definition) is 6. The SMILES string of the molecule is C[NH2+]CC(C=N)c1cnc2c(c1)NC(C)(NC1=C(C)C=CN[NH2+]1)C=C2. The molecule has 2 unspecified atom stereocenters. The molecule has 0 spiro atoms. The number of anilines is 1. The lowest BCUT2D eigenvalue weighted by molar-refractivity contribution is -0.663. The molecule has 1 aromatic rings. The van der Waals surface area contributed by atoms with Gasteiger partial charge in [0, 0.05) is 24.2 Å². The van der Waals surface area contributed by atoms with Gasteiger partial charge in [-0.1, -0.05) is 0 Å². The summed E-state index contributed by atoms with van der Waals surface area (Å²) in [6, 6.07) is 2.11. The number of quaternary nitrogens is 2. The summed E-state index contributed by atoms with van der Waals surface area (Å²) in [6.45, 7) is 5.02. The van der Waals surface area contributed by atoms with Gasteiger partial charge in [-0.2, -0.15) is 5.43 Å². The highest BCUT2D eigenvalue weighted by Crippen LogP contribution is 2.28. The average Bonchev–Trinajstić information content (AvgIpc) is 2.61. The molecule has 7 nitrogen and oxygen atoms in total. The van der Waals surface area contributed by atoms with E-state index in [1.165, 1.54) is 11.8 Å². The minimum absolute atomic E-state index is 0.0701. The van der Waals surface area contributed by atoms with E-state index in [1.54, 1.807) is 0 Å². The van der Waals surface area contributed by atoms with E-state index in [0.29, 0.717) is 0 Å². The van der Waals surface area contributed by atoms with Crippen molar-refractivity contribution in [2.24, 2.45) is 0 Å². The largest absolute Gasteiger partial charge is 0.358 e. The fraction of sp³-hybridized carbons (Fsp3) is 0.333. The molecule has 2 aliphatic heterocycles. The third kappa shape index (κ3) is 3.72. The molecule has 2 atom stereocenters. The first-order valence-corrected chi connectivity index (χ1v) is 8.55. The van der Waals surface area contributed by atoms with Gasteiger partial charge in [0.25, 0.3) is 0 Å². The Labute approximate surface area is 148 Å². The van der Waals surface area contributed by atoms with Crippen molar-refractivity contribution < 1.29 is 10.7 Å². The number of nitrogens with one attached hydrogen (secondary N) is 4. The van der Waals surface area contributed by atoms with E-state index in [2.05, 4.69) is 52.3 Å². The zero-order chi connectivity index (χ0) is 17.9. The number of fused-ring (bicyclic) bond motifs is 1. The molecule has 0 aliphatic carbocycles. The van der Waals surface area contributed by atoms with Crippen LogP contribution in [0.15, 0.2) is 42.0 Å². The standard InChI is InChI=1S/C18H25N7/c1-12-5-7-22-25-17(12)24-18(2)6-4-15-16(23-18)8-13(11-21-15)14(9-19)10-20-3/h4-9,11,14,19-20,22-25H,10H2,1-3H3/p+2. The molecule has 0 bridgehead atoms. The van der Waals surface area contributed by atoms with Crippen LogP contribution in [0.2, 0.25) is 0 Å². The van der Waals surface area contributed by atoms with Crippen LogP contribution in [0.3, 0.4) is 0 Å². The molecule has 2 aliphatic rings. The molecular formula is C18H27N7+2. The zero-order valence-corrected chi connectivity index (χ0v) is 14.9. The molecule has 0 saturated carbocycles. The number of pyridine rings is 1. The fourth-order valence-corrected chi connectivity index (χ4v) is 3.04. The van der Waals surface area contributed by atoms with Gasteiger partial charge in [-0.05, 0) is 43.7 Å². The van der Waals surface area contributed by atoms with Crippen molar-refractivity contribution in [3.05, 3.63) is 53.3 Å². The van der Waals surface area contributed by atoms with Crippen LogP contribution >= 0.6 is 0 Å². The quantitative estimate of drug-likeness (QED) is 0.312. The van der Waals surface area contributed by atoms with Gasteiger partial charge in [-0.3, -0.25) is 4.98 Å². The summed E-state index contributed by atoms with van der Waals surface area (Å²) in [5.41, 5.74) is 8.80. The highest BCUT2D eigenvalue weighted by atomic mass is 15.4. The van der Waals surface area contributed by atoms with E-state index in [-0.39, 0.29) is 5.92 Å². The Morgan fingerprint density at radius 2 is 2.32 bits per heavy atom. The second-order valence-electron chi connectivity index (χ2n) is 6.65. The van der Waals surface area contributed by atoms with Crippen LogP contribution in [0.25, 0.3) is 6.08 Å². The topological polar surface area (TPSA) is 106 Å². The van der Waals surface area contributed by atoms with E-state index in [4.69, 9.17) is 5.41 Å². The van der Waals surface area contributed by atoms with Crippen LogP contribution in [-0.4, -0.2) is 30.5 Å². The Morgan fingerprint density at radius 3 is 3.04 bits per heavy atom. The molecule has 0 saturated heterocycles. The zero-order valence-electron chi connectivity index (χ0n) is 14.9. The molecule has 0 radical (unpaired) electrons. The van der Waals surface area contributed by atoms with Crippen LogP contribution in [0.5, 0.6) is 0 Å². The predicted molar refractivity (Wildman–Crippen MR) is 99.6 cm³/mol. The third-order valence-corrected chi connectivity index (χ3v) is 4.50. The summed E-state index contributed by atoms with van der Waals surface area (Å²) in [5.74, 6) is 1.12. The lowest BCUT2D eigenvalue weighted by atomic mass is 9.98. The molecule has 3 rings (SSSR count). The Morgan fingerprint density at radius 1 is 1.48 bits per heavy atom. The van der Waals surface area contributed by atoms with Crippen molar-refractivity contribution in [2.75, 3.05) is 18.9 Å². The number of likely N-dealkylation sites (N-methyl/N-ethyl adjacent to an activating group) is 1. The molecule has 0 amide bonds. The molecule has 3 heterocycles. The monoisotopic (exact) mass is 341 g/mol. The Balaban J connectivity index is 1.84. The van der Waals surface area contributed by atoms with Gasteiger partial charge in [0.05, 0.1) is 30.9 Å². The summed E-state index contributed by atoms with van der Waals surface area (Å²) in [6.07, 6.45) is 11.4. The van der Waals surface area contributed by atoms with E-state index >= 15 is 0 Å². The van der Waals surface area contributed by atoms with E-state index in [0.717, 1.165) is 29.3 Å². The maximum absolute atomic E-state index is 7.67. The van der Waals surface area contributed by atoms with Gasteiger partial charge < -0.3 is 21.4 Å². The third-order valence-electron chi connectivity index (χ3n) is 4.50. The average molecular weight is 341 g/mol. The number of nitrogens with two attached hydrogens (primary N) is 2. The van der Waals surface area contributed by atoms with Crippen LogP contribution in [0.1, 0.15) is 31.0 Å². The minimum Gasteiger partial charge on any atom is -0.358 e. The maximum Gasteiger partial charge on any atom is 0.227 e. The highest BCUT2D eigenvalue weighted by molar-refractivity contribution is 5.72. The van der Waals surface area contributed by atoms with Crippen LogP contribution in [-0.2, 0) is 0 Å². The number of aromatic nitrogens is 1. The number of nitrogens with zero attached hydrogens (tertiary/aromatic N) is 1. The summed E-state index contributed by atoms with van der Waals surface area (Å²) >= 11 is 0. The summed E-state index contributed by atoms with van der Waals surface area (Å²) in [4.78, 5) is 4.56. The maximum atomic E-state index is 7.67. The van der Waals surface area contributed by atoms with Crippen molar-refractivity contribution >= 4 is 18.0 Å². The van der Waals surface area contributed by atoms with Gasteiger partial charge in [-0.25, -0.2) is 5.43 Å². The molecule has 0 fully saturated rings. The highest BCUT2D eigenvalue weighted by Gasteiger charge is 2.29. The fourth-order valence-electron chi connectivity index (χ4n) is 3.04. The van der Waals surface area contributed by atoms with Crippen molar-refractivity contribution in [3.63, 3.8) is 0 Å².